The third-order valence-corrected chi connectivity index (χ3v) is 4.97. The van der Waals surface area contributed by atoms with Crippen LogP contribution in [0.25, 0.3) is 0 Å². The number of carbonyl (C=O) groups excluding carboxylic acids is 2. The summed E-state index contributed by atoms with van der Waals surface area (Å²) in [5.74, 6) is 0.734. The predicted molar refractivity (Wildman–Crippen MR) is 69.5 cm³/mol. The number of carbonyl (C=O) groups is 2. The summed E-state index contributed by atoms with van der Waals surface area (Å²) >= 11 is 0. The lowest BCUT2D eigenvalue weighted by Crippen LogP contribution is -2.64. The first-order valence-corrected chi connectivity index (χ1v) is 7.32. The van der Waals surface area contributed by atoms with Crippen LogP contribution in [0.2, 0.25) is 0 Å². The van der Waals surface area contributed by atoms with E-state index in [1.165, 1.54) is 4.90 Å². The minimum Gasteiger partial charge on any atom is -0.379 e. The zero-order valence-corrected chi connectivity index (χ0v) is 11.5. The Hall–Kier alpha value is -1.10. The van der Waals surface area contributed by atoms with E-state index in [1.54, 1.807) is 0 Å². The fourth-order valence-corrected chi connectivity index (χ4v) is 3.52. The lowest BCUT2D eigenvalue weighted by atomic mass is 9.69. The molecule has 3 rings (SSSR count). The largest absolute Gasteiger partial charge is 0.379 e. The van der Waals surface area contributed by atoms with Gasteiger partial charge >= 0.3 is 6.03 Å². The number of nitrogens with zero attached hydrogens (tertiary/aromatic N) is 1. The van der Waals surface area contributed by atoms with Crippen molar-refractivity contribution in [2.45, 2.75) is 45.1 Å². The molecular formula is C14H22N2O3. The summed E-state index contributed by atoms with van der Waals surface area (Å²) in [6.07, 6.45) is 4.73. The lowest BCUT2D eigenvalue weighted by Gasteiger charge is -2.45. The smallest absolute Gasteiger partial charge is 0.324 e. The second-order valence-electron chi connectivity index (χ2n) is 6.31. The molecule has 0 radical (unpaired) electrons. The van der Waals surface area contributed by atoms with Crippen LogP contribution in [0, 0.1) is 11.3 Å². The number of urea groups is 1. The van der Waals surface area contributed by atoms with Crippen LogP contribution >= 0.6 is 0 Å². The molecule has 3 amide bonds. The molecule has 5 nitrogen and oxygen atoms in total. The molecule has 2 heterocycles. The van der Waals surface area contributed by atoms with Crippen LogP contribution < -0.4 is 5.32 Å². The number of hydrogen-bond donors (Lipinski definition) is 1. The van der Waals surface area contributed by atoms with E-state index >= 15 is 0 Å². The Morgan fingerprint density at radius 2 is 2.00 bits per heavy atom. The highest BCUT2D eigenvalue weighted by molar-refractivity contribution is 6.00. The highest BCUT2D eigenvalue weighted by Gasteiger charge is 2.50. The van der Waals surface area contributed by atoms with Gasteiger partial charge < -0.3 is 10.1 Å². The van der Waals surface area contributed by atoms with Gasteiger partial charge in [0.25, 0.3) is 0 Å². The second kappa shape index (κ2) is 4.78. The Balaban J connectivity index is 1.80. The number of ether oxygens (including phenoxy) is 1. The average molecular weight is 266 g/mol. The molecule has 1 unspecified atom stereocenters. The van der Waals surface area contributed by atoms with E-state index in [4.69, 9.17) is 4.74 Å². The average Bonchev–Trinajstić information content (AvgIpc) is 2.91. The van der Waals surface area contributed by atoms with Crippen LogP contribution in [0.1, 0.15) is 39.0 Å². The zero-order chi connectivity index (χ0) is 13.5. The highest BCUT2D eigenvalue weighted by atomic mass is 16.5. The Labute approximate surface area is 113 Å². The van der Waals surface area contributed by atoms with Gasteiger partial charge in [0.05, 0.1) is 18.1 Å². The second-order valence-corrected chi connectivity index (χ2v) is 6.31. The van der Waals surface area contributed by atoms with Crippen LogP contribution in [-0.4, -0.2) is 42.6 Å². The van der Waals surface area contributed by atoms with Gasteiger partial charge in [-0.05, 0) is 38.0 Å². The van der Waals surface area contributed by atoms with Crippen LogP contribution in [0.15, 0.2) is 0 Å². The molecule has 1 spiro atoms. The number of nitrogens with one attached hydrogen (secondary N) is 1. The maximum atomic E-state index is 12.8. The molecule has 0 aromatic heterocycles. The molecule has 1 aliphatic carbocycles. The maximum absolute atomic E-state index is 12.8. The summed E-state index contributed by atoms with van der Waals surface area (Å²) in [5.41, 5.74) is -0.344. The quantitative estimate of drug-likeness (QED) is 0.783. The van der Waals surface area contributed by atoms with Crippen molar-refractivity contribution in [1.29, 1.82) is 0 Å². The van der Waals surface area contributed by atoms with Gasteiger partial charge in [-0.1, -0.05) is 6.92 Å². The van der Waals surface area contributed by atoms with Gasteiger partial charge in [-0.2, -0.15) is 0 Å². The standard InChI is InChI=1S/C14H22N2O3/c1-10-2-5-14(6-3-10)9-15-13(18)16(12(14)17)11-4-7-19-8-11/h10-11H,2-9H2,1H3,(H,15,18). The monoisotopic (exact) mass is 266 g/mol. The Morgan fingerprint density at radius 3 is 2.63 bits per heavy atom. The van der Waals surface area contributed by atoms with Gasteiger partial charge in [0, 0.05) is 13.2 Å². The first-order valence-electron chi connectivity index (χ1n) is 7.32. The van der Waals surface area contributed by atoms with Crippen molar-refractivity contribution in [3.05, 3.63) is 0 Å². The van der Waals surface area contributed by atoms with Crippen molar-refractivity contribution >= 4 is 11.9 Å². The van der Waals surface area contributed by atoms with Crippen molar-refractivity contribution in [3.8, 4) is 0 Å². The lowest BCUT2D eigenvalue weighted by molar-refractivity contribution is -0.145. The van der Waals surface area contributed by atoms with E-state index in [9.17, 15) is 9.59 Å². The van der Waals surface area contributed by atoms with Gasteiger partial charge in [0.15, 0.2) is 0 Å². The summed E-state index contributed by atoms with van der Waals surface area (Å²) in [7, 11) is 0. The molecule has 2 saturated heterocycles. The van der Waals surface area contributed by atoms with E-state index in [1.807, 2.05) is 0 Å². The summed E-state index contributed by atoms with van der Waals surface area (Å²) in [5, 5.41) is 2.93. The first kappa shape index (κ1) is 12.9. The summed E-state index contributed by atoms with van der Waals surface area (Å²) in [4.78, 5) is 26.3. The molecule has 0 aromatic carbocycles. The molecule has 1 atom stereocenters. The van der Waals surface area contributed by atoms with Crippen LogP contribution in [-0.2, 0) is 9.53 Å². The molecule has 5 heteroatoms. The third-order valence-electron chi connectivity index (χ3n) is 4.97. The molecule has 2 aliphatic heterocycles. The molecular weight excluding hydrogens is 244 g/mol. The van der Waals surface area contributed by atoms with E-state index in [0.29, 0.717) is 25.7 Å². The predicted octanol–water partition coefficient (Wildman–Crippen LogP) is 1.52. The fourth-order valence-electron chi connectivity index (χ4n) is 3.52. The van der Waals surface area contributed by atoms with Crippen molar-refractivity contribution in [1.82, 2.24) is 10.2 Å². The van der Waals surface area contributed by atoms with Gasteiger partial charge in [-0.3, -0.25) is 9.69 Å². The molecule has 3 aliphatic rings. The van der Waals surface area contributed by atoms with Crippen LogP contribution in [0.5, 0.6) is 0 Å². The molecule has 106 valence electrons. The zero-order valence-electron chi connectivity index (χ0n) is 11.5. The number of amides is 3. The highest BCUT2D eigenvalue weighted by Crippen LogP contribution is 2.42. The Bertz CT molecular complexity index is 382. The molecule has 0 bridgehead atoms. The third kappa shape index (κ3) is 2.14. The molecule has 3 fully saturated rings. The number of rotatable bonds is 1. The Morgan fingerprint density at radius 1 is 1.26 bits per heavy atom. The van der Waals surface area contributed by atoms with Gasteiger partial charge in [-0.15, -0.1) is 0 Å². The van der Waals surface area contributed by atoms with E-state index in [2.05, 4.69) is 12.2 Å². The summed E-state index contributed by atoms with van der Waals surface area (Å²) in [6.45, 7) is 3.89. The minimum absolute atomic E-state index is 0.0404. The van der Waals surface area contributed by atoms with Crippen molar-refractivity contribution in [3.63, 3.8) is 0 Å². The van der Waals surface area contributed by atoms with E-state index in [0.717, 1.165) is 32.1 Å². The van der Waals surface area contributed by atoms with Crippen molar-refractivity contribution in [2.75, 3.05) is 19.8 Å². The molecule has 1 saturated carbocycles. The van der Waals surface area contributed by atoms with Crippen molar-refractivity contribution < 1.29 is 14.3 Å². The topological polar surface area (TPSA) is 58.6 Å². The minimum atomic E-state index is -0.344. The first-order chi connectivity index (χ1) is 9.12. The fraction of sp³-hybridized carbons (Fsp3) is 0.857. The van der Waals surface area contributed by atoms with Gasteiger partial charge in [0.2, 0.25) is 5.91 Å². The summed E-state index contributed by atoms with van der Waals surface area (Å²) in [6, 6.07) is -0.297. The number of hydrogen-bond acceptors (Lipinski definition) is 3. The van der Waals surface area contributed by atoms with E-state index < -0.39 is 0 Å². The molecule has 19 heavy (non-hydrogen) atoms. The van der Waals surface area contributed by atoms with Crippen molar-refractivity contribution in [2.24, 2.45) is 11.3 Å². The SMILES string of the molecule is CC1CCC2(CC1)CNC(=O)N(C1CCOC1)C2=O. The van der Waals surface area contributed by atoms with Crippen LogP contribution in [0.4, 0.5) is 4.79 Å². The van der Waals surface area contributed by atoms with Gasteiger partial charge in [-0.25, -0.2) is 4.79 Å². The maximum Gasteiger partial charge on any atom is 0.324 e. The van der Waals surface area contributed by atoms with Crippen LogP contribution in [0.3, 0.4) is 0 Å². The number of imide groups is 1. The summed E-state index contributed by atoms with van der Waals surface area (Å²) < 4.78 is 5.33. The van der Waals surface area contributed by atoms with E-state index in [-0.39, 0.29) is 23.4 Å². The van der Waals surface area contributed by atoms with Gasteiger partial charge in [0.1, 0.15) is 0 Å². The molecule has 1 N–H and O–H groups in total. The Kier molecular flexibility index (Phi) is 3.25. The molecule has 0 aromatic rings. The normalized spacial score (nSPS) is 39.7.